The largest absolute Gasteiger partial charge is 0.306 e. The van der Waals surface area contributed by atoms with Crippen molar-refractivity contribution in [2.45, 2.75) is 31.8 Å². The van der Waals surface area contributed by atoms with Crippen molar-refractivity contribution in [2.24, 2.45) is 17.4 Å². The topological polar surface area (TPSA) is 86.2 Å². The molecule has 4 nitrogen and oxygen atoms in total. The molecule has 4 N–H and O–H groups in total. The summed E-state index contributed by atoms with van der Waals surface area (Å²) in [6.07, 6.45) is 4.37. The highest BCUT2D eigenvalue weighted by Gasteiger charge is 2.39. The van der Waals surface area contributed by atoms with Crippen molar-refractivity contribution in [1.29, 1.82) is 0 Å². The molecule has 0 amide bonds. The fourth-order valence-corrected chi connectivity index (χ4v) is 1.52. The van der Waals surface area contributed by atoms with E-state index in [1.54, 1.807) is 0 Å². The van der Waals surface area contributed by atoms with Crippen molar-refractivity contribution < 1.29 is 9.59 Å². The summed E-state index contributed by atoms with van der Waals surface area (Å²) in [5.41, 5.74) is 9.76. The molecule has 0 heterocycles. The number of allylic oxidation sites excluding steroid dienone is 1. The zero-order valence-corrected chi connectivity index (χ0v) is 9.74. The number of carbonyl (C=O) groups excluding carboxylic acids is 2. The maximum atomic E-state index is 11.6. The van der Waals surface area contributed by atoms with Crippen molar-refractivity contribution >= 4 is 11.6 Å². The van der Waals surface area contributed by atoms with Crippen molar-refractivity contribution in [3.8, 4) is 0 Å². The zero-order chi connectivity index (χ0) is 12.8. The van der Waals surface area contributed by atoms with Gasteiger partial charge in [-0.15, -0.1) is 0 Å². The summed E-state index contributed by atoms with van der Waals surface area (Å²) in [5, 5.41) is 0. The van der Waals surface area contributed by atoms with E-state index in [-0.39, 0.29) is 5.78 Å². The van der Waals surface area contributed by atoms with E-state index in [1.165, 1.54) is 0 Å². The van der Waals surface area contributed by atoms with Crippen LogP contribution in [0.15, 0.2) is 25.3 Å². The van der Waals surface area contributed by atoms with Crippen LogP contribution in [0, 0.1) is 5.92 Å². The Morgan fingerprint density at radius 1 is 1.31 bits per heavy atom. The molecule has 0 aliphatic carbocycles. The molecule has 1 unspecified atom stereocenters. The molecule has 0 aromatic heterocycles. The van der Waals surface area contributed by atoms with Gasteiger partial charge in [0, 0.05) is 0 Å². The number of unbranched alkanes of at least 4 members (excludes halogenated alkanes) is 1. The monoisotopic (exact) mass is 224 g/mol. The maximum absolute atomic E-state index is 11.6. The molecule has 0 saturated carbocycles. The van der Waals surface area contributed by atoms with Crippen LogP contribution in [0.2, 0.25) is 0 Å². The Balaban J connectivity index is 4.99. The molecule has 0 saturated heterocycles. The van der Waals surface area contributed by atoms with Crippen LogP contribution < -0.4 is 11.5 Å². The van der Waals surface area contributed by atoms with Crippen molar-refractivity contribution in [2.75, 3.05) is 0 Å². The minimum atomic E-state index is -1.68. The van der Waals surface area contributed by atoms with Crippen LogP contribution in [0.25, 0.3) is 0 Å². The lowest BCUT2D eigenvalue weighted by Crippen LogP contribution is -2.63. The Labute approximate surface area is 96.4 Å². The van der Waals surface area contributed by atoms with Crippen LogP contribution in [0.1, 0.15) is 26.2 Å². The summed E-state index contributed by atoms with van der Waals surface area (Å²) in [5.74, 6) is -1.55. The normalized spacial score (nSPS) is 12.9. The van der Waals surface area contributed by atoms with E-state index in [0.29, 0.717) is 6.42 Å². The molecular weight excluding hydrogens is 204 g/mol. The van der Waals surface area contributed by atoms with Crippen LogP contribution >= 0.6 is 0 Å². The lowest BCUT2D eigenvalue weighted by molar-refractivity contribution is -0.129. The van der Waals surface area contributed by atoms with E-state index in [1.807, 2.05) is 6.92 Å². The average molecular weight is 224 g/mol. The number of nitrogens with two attached hydrogens (primary N) is 2. The fraction of sp³-hybridized carbons (Fsp3) is 0.500. The second kappa shape index (κ2) is 6.35. The minimum absolute atomic E-state index is 0.298. The van der Waals surface area contributed by atoms with Gasteiger partial charge in [0.1, 0.15) is 5.66 Å². The number of carbonyl (C=O) groups is 2. The molecule has 0 fully saturated rings. The number of rotatable bonds is 8. The number of hydrogen-bond acceptors (Lipinski definition) is 4. The first-order chi connectivity index (χ1) is 7.41. The van der Waals surface area contributed by atoms with Gasteiger partial charge in [0.2, 0.25) is 0 Å². The van der Waals surface area contributed by atoms with Crippen LogP contribution in [-0.4, -0.2) is 17.2 Å². The third-order valence-corrected chi connectivity index (χ3v) is 2.58. The molecule has 0 aliphatic rings. The van der Waals surface area contributed by atoms with E-state index in [2.05, 4.69) is 13.2 Å². The molecule has 4 heteroatoms. The summed E-state index contributed by atoms with van der Waals surface area (Å²) in [6.45, 7) is 8.70. The smallest absolute Gasteiger partial charge is 0.190 e. The van der Waals surface area contributed by atoms with Gasteiger partial charge in [-0.1, -0.05) is 32.9 Å². The molecule has 90 valence electrons. The van der Waals surface area contributed by atoms with Gasteiger partial charge in [0.15, 0.2) is 11.6 Å². The van der Waals surface area contributed by atoms with Crippen LogP contribution in [-0.2, 0) is 9.59 Å². The third-order valence-electron chi connectivity index (χ3n) is 2.58. The molecule has 0 aromatic carbocycles. The molecule has 0 aliphatic heterocycles. The predicted molar refractivity (Wildman–Crippen MR) is 64.5 cm³/mol. The van der Waals surface area contributed by atoms with Crippen LogP contribution in [0.3, 0.4) is 0 Å². The molecule has 0 radical (unpaired) electrons. The second-order valence-corrected chi connectivity index (χ2v) is 3.80. The summed E-state index contributed by atoms with van der Waals surface area (Å²) >= 11 is 0. The summed E-state index contributed by atoms with van der Waals surface area (Å²) in [6, 6.07) is 0. The molecule has 0 aromatic rings. The molecule has 0 rings (SSSR count). The lowest BCUT2D eigenvalue weighted by atomic mass is 9.82. The molecule has 0 bridgehead atoms. The van der Waals surface area contributed by atoms with Crippen molar-refractivity contribution in [1.82, 2.24) is 0 Å². The Morgan fingerprint density at radius 3 is 2.25 bits per heavy atom. The molecule has 16 heavy (non-hydrogen) atoms. The van der Waals surface area contributed by atoms with E-state index < -0.39 is 17.4 Å². The van der Waals surface area contributed by atoms with E-state index >= 15 is 0 Å². The SMILES string of the molecule is C=CC(=O)C(CCCC)C(N)(N)C(=O)C=C. The Hall–Kier alpha value is -1.26. The summed E-state index contributed by atoms with van der Waals surface area (Å²) < 4.78 is 0. The first-order valence-corrected chi connectivity index (χ1v) is 5.32. The van der Waals surface area contributed by atoms with E-state index in [4.69, 9.17) is 11.5 Å². The molecule has 0 spiro atoms. The quantitative estimate of drug-likeness (QED) is 0.474. The van der Waals surface area contributed by atoms with Crippen molar-refractivity contribution in [3.05, 3.63) is 25.3 Å². The highest BCUT2D eigenvalue weighted by Crippen LogP contribution is 2.20. The highest BCUT2D eigenvalue weighted by atomic mass is 16.1. The van der Waals surface area contributed by atoms with Gasteiger partial charge in [-0.05, 0) is 18.6 Å². The van der Waals surface area contributed by atoms with E-state index in [9.17, 15) is 9.59 Å². The Bertz CT molecular complexity index is 295. The van der Waals surface area contributed by atoms with Gasteiger partial charge < -0.3 is 11.5 Å². The predicted octanol–water partition coefficient (Wildman–Crippen LogP) is 0.917. The molecule has 1 atom stereocenters. The van der Waals surface area contributed by atoms with Gasteiger partial charge in [0.25, 0.3) is 0 Å². The maximum Gasteiger partial charge on any atom is 0.190 e. The summed E-state index contributed by atoms with van der Waals surface area (Å²) in [4.78, 5) is 23.1. The highest BCUT2D eigenvalue weighted by molar-refractivity contribution is 6.03. The van der Waals surface area contributed by atoms with Gasteiger partial charge in [0.05, 0.1) is 5.92 Å². The number of hydrogen-bond donors (Lipinski definition) is 2. The minimum Gasteiger partial charge on any atom is -0.306 e. The van der Waals surface area contributed by atoms with Gasteiger partial charge >= 0.3 is 0 Å². The van der Waals surface area contributed by atoms with Crippen LogP contribution in [0.5, 0.6) is 0 Å². The van der Waals surface area contributed by atoms with Gasteiger partial charge in [-0.2, -0.15) is 0 Å². The zero-order valence-electron chi connectivity index (χ0n) is 9.74. The van der Waals surface area contributed by atoms with Gasteiger partial charge in [-0.25, -0.2) is 0 Å². The first-order valence-electron chi connectivity index (χ1n) is 5.32. The standard InChI is InChI=1S/C12H20N2O2/c1-4-7-8-9(10(15)5-2)12(13,14)11(16)6-3/h5-6,9H,2-4,7-8,13-14H2,1H3. The lowest BCUT2D eigenvalue weighted by Gasteiger charge is -2.29. The van der Waals surface area contributed by atoms with E-state index in [0.717, 1.165) is 25.0 Å². The van der Waals surface area contributed by atoms with Crippen LogP contribution in [0.4, 0.5) is 0 Å². The average Bonchev–Trinajstić information content (AvgIpc) is 2.27. The molecular formula is C12H20N2O2. The third kappa shape index (κ3) is 3.40. The summed E-state index contributed by atoms with van der Waals surface area (Å²) in [7, 11) is 0. The first kappa shape index (κ1) is 14.7. The fourth-order valence-electron chi connectivity index (χ4n) is 1.52. The van der Waals surface area contributed by atoms with Crippen molar-refractivity contribution in [3.63, 3.8) is 0 Å². The van der Waals surface area contributed by atoms with Gasteiger partial charge in [-0.3, -0.25) is 9.59 Å². The Morgan fingerprint density at radius 2 is 1.88 bits per heavy atom. The number of ketones is 2. The second-order valence-electron chi connectivity index (χ2n) is 3.80. The Kier molecular flexibility index (Phi) is 5.85.